The molecule has 3 N–H and O–H groups in total. The molecule has 0 aliphatic carbocycles. The second-order valence-electron chi connectivity index (χ2n) is 3.61. The topological polar surface area (TPSA) is 96.0 Å². The summed E-state index contributed by atoms with van der Waals surface area (Å²) in [6.07, 6.45) is 0. The number of hydrogen-bond acceptors (Lipinski definition) is 5. The van der Waals surface area contributed by atoms with Crippen molar-refractivity contribution >= 4 is 32.7 Å². The van der Waals surface area contributed by atoms with Gasteiger partial charge in [0.1, 0.15) is 21.0 Å². The number of nitrogens with zero attached hydrogens (tertiary/aromatic N) is 1. The first-order valence-electron chi connectivity index (χ1n) is 4.99. The molecule has 98 valence electrons. The number of nitrogen functional groups attached to an aromatic ring is 1. The maximum atomic E-state index is 13.1. The van der Waals surface area contributed by atoms with Gasteiger partial charge in [-0.25, -0.2) is 12.8 Å². The van der Waals surface area contributed by atoms with E-state index in [1.807, 2.05) is 6.07 Å². The van der Waals surface area contributed by atoms with Gasteiger partial charge in [0.2, 0.25) is 0 Å². The fourth-order valence-corrected chi connectivity index (χ4v) is 3.55. The Morgan fingerprint density at radius 2 is 2.05 bits per heavy atom. The molecule has 0 bridgehead atoms. The summed E-state index contributed by atoms with van der Waals surface area (Å²) in [4.78, 5) is 0.277. The van der Waals surface area contributed by atoms with Crippen LogP contribution < -0.4 is 10.5 Å². The van der Waals surface area contributed by atoms with Crippen LogP contribution in [0.4, 0.5) is 15.8 Å². The summed E-state index contributed by atoms with van der Waals surface area (Å²) in [5.41, 5.74) is 5.57. The average Bonchev–Trinajstić information content (AvgIpc) is 2.75. The van der Waals surface area contributed by atoms with Crippen molar-refractivity contribution in [3.05, 3.63) is 41.0 Å². The lowest BCUT2D eigenvalue weighted by Crippen LogP contribution is -2.11. The molecule has 2 aromatic rings. The van der Waals surface area contributed by atoms with Crippen LogP contribution in [0.5, 0.6) is 0 Å². The third-order valence-electron chi connectivity index (χ3n) is 2.13. The number of thiophene rings is 1. The number of nitrogens with one attached hydrogen (secondary N) is 1. The Kier molecular flexibility index (Phi) is 3.42. The number of anilines is 2. The number of benzene rings is 1. The van der Waals surface area contributed by atoms with Crippen LogP contribution in [0.3, 0.4) is 0 Å². The highest BCUT2D eigenvalue weighted by atomic mass is 32.2. The number of rotatable bonds is 3. The minimum atomic E-state index is -3.84. The van der Waals surface area contributed by atoms with E-state index in [2.05, 4.69) is 4.72 Å². The van der Waals surface area contributed by atoms with Gasteiger partial charge < -0.3 is 5.73 Å². The molecule has 0 amide bonds. The summed E-state index contributed by atoms with van der Waals surface area (Å²) in [6, 6.07) is 7.97. The molecule has 0 spiro atoms. The quantitative estimate of drug-likeness (QED) is 0.848. The molecule has 0 aliphatic rings. The van der Waals surface area contributed by atoms with Crippen LogP contribution in [0.2, 0.25) is 0 Å². The Labute approximate surface area is 113 Å². The van der Waals surface area contributed by atoms with Crippen LogP contribution in [0.15, 0.2) is 34.5 Å². The van der Waals surface area contributed by atoms with Gasteiger partial charge in [0.25, 0.3) is 10.0 Å². The Morgan fingerprint density at radius 1 is 1.32 bits per heavy atom. The summed E-state index contributed by atoms with van der Waals surface area (Å²) >= 11 is 0.831. The predicted molar refractivity (Wildman–Crippen MR) is 70.7 cm³/mol. The van der Waals surface area contributed by atoms with Crippen molar-refractivity contribution in [3.63, 3.8) is 0 Å². The monoisotopic (exact) mass is 297 g/mol. The summed E-state index contributed by atoms with van der Waals surface area (Å²) in [6.45, 7) is 0. The van der Waals surface area contributed by atoms with E-state index in [0.29, 0.717) is 0 Å². The normalized spacial score (nSPS) is 10.9. The van der Waals surface area contributed by atoms with Crippen LogP contribution in [-0.2, 0) is 10.0 Å². The second kappa shape index (κ2) is 4.87. The number of halogens is 1. The van der Waals surface area contributed by atoms with Gasteiger partial charge >= 0.3 is 0 Å². The molecule has 1 aromatic carbocycles. The first kappa shape index (κ1) is 13.3. The van der Waals surface area contributed by atoms with Gasteiger partial charge in [-0.05, 0) is 30.3 Å². The first-order chi connectivity index (χ1) is 8.90. The van der Waals surface area contributed by atoms with Gasteiger partial charge in [-0.3, -0.25) is 4.72 Å². The number of hydrogen-bond donors (Lipinski definition) is 2. The standard InChI is InChI=1S/C11H8FN3O2S2/c12-7-3-8(14)5-9(4-7)15-19(16,17)11-2-1-10(6-13)18-11/h1-5,15H,14H2. The highest BCUT2D eigenvalue weighted by molar-refractivity contribution is 7.94. The van der Waals surface area contributed by atoms with E-state index in [1.54, 1.807) is 0 Å². The maximum Gasteiger partial charge on any atom is 0.271 e. The second-order valence-corrected chi connectivity index (χ2v) is 6.60. The SMILES string of the molecule is N#Cc1ccc(S(=O)(=O)Nc2cc(N)cc(F)c2)s1. The molecule has 19 heavy (non-hydrogen) atoms. The molecular weight excluding hydrogens is 289 g/mol. The molecule has 5 nitrogen and oxygen atoms in total. The summed E-state index contributed by atoms with van der Waals surface area (Å²) in [5, 5.41) is 8.66. The zero-order valence-corrected chi connectivity index (χ0v) is 11.1. The van der Waals surface area contributed by atoms with Crippen molar-refractivity contribution < 1.29 is 12.8 Å². The smallest absolute Gasteiger partial charge is 0.271 e. The third kappa shape index (κ3) is 3.01. The van der Waals surface area contributed by atoms with Gasteiger partial charge in [-0.1, -0.05) is 0 Å². The lowest BCUT2D eigenvalue weighted by molar-refractivity contribution is 0.603. The molecule has 1 heterocycles. The van der Waals surface area contributed by atoms with E-state index >= 15 is 0 Å². The van der Waals surface area contributed by atoms with Crippen molar-refractivity contribution in [2.24, 2.45) is 0 Å². The van der Waals surface area contributed by atoms with Crippen molar-refractivity contribution in [3.8, 4) is 6.07 Å². The molecule has 0 radical (unpaired) electrons. The molecule has 1 aromatic heterocycles. The van der Waals surface area contributed by atoms with E-state index in [1.165, 1.54) is 18.2 Å². The van der Waals surface area contributed by atoms with E-state index in [9.17, 15) is 12.8 Å². The third-order valence-corrected chi connectivity index (χ3v) is 4.99. The van der Waals surface area contributed by atoms with Gasteiger partial charge in [0.15, 0.2) is 0 Å². The first-order valence-corrected chi connectivity index (χ1v) is 7.29. The van der Waals surface area contributed by atoms with Crippen molar-refractivity contribution in [2.45, 2.75) is 4.21 Å². The Morgan fingerprint density at radius 3 is 2.63 bits per heavy atom. The Hall–Kier alpha value is -2.11. The molecule has 2 rings (SSSR count). The fourth-order valence-electron chi connectivity index (χ4n) is 1.40. The van der Waals surface area contributed by atoms with Gasteiger partial charge in [0, 0.05) is 5.69 Å². The highest BCUT2D eigenvalue weighted by Gasteiger charge is 2.17. The zero-order valence-electron chi connectivity index (χ0n) is 9.42. The number of nitriles is 1. The van der Waals surface area contributed by atoms with Gasteiger partial charge in [-0.2, -0.15) is 5.26 Å². The van der Waals surface area contributed by atoms with Crippen molar-refractivity contribution in [1.82, 2.24) is 0 Å². The van der Waals surface area contributed by atoms with Crippen LogP contribution >= 0.6 is 11.3 Å². The van der Waals surface area contributed by atoms with E-state index in [4.69, 9.17) is 11.0 Å². The average molecular weight is 297 g/mol. The van der Waals surface area contributed by atoms with E-state index < -0.39 is 15.8 Å². The zero-order chi connectivity index (χ0) is 14.0. The van der Waals surface area contributed by atoms with Crippen molar-refractivity contribution in [2.75, 3.05) is 10.5 Å². The molecule has 0 saturated heterocycles. The van der Waals surface area contributed by atoms with E-state index in [0.717, 1.165) is 23.5 Å². The highest BCUT2D eigenvalue weighted by Crippen LogP contribution is 2.24. The van der Waals surface area contributed by atoms with Crippen LogP contribution in [0.25, 0.3) is 0 Å². The molecule has 8 heteroatoms. The summed E-state index contributed by atoms with van der Waals surface area (Å²) < 4.78 is 39.3. The lowest BCUT2D eigenvalue weighted by Gasteiger charge is -2.07. The van der Waals surface area contributed by atoms with Crippen LogP contribution in [0, 0.1) is 17.1 Å². The van der Waals surface area contributed by atoms with Crippen LogP contribution in [0.1, 0.15) is 4.88 Å². The minimum Gasteiger partial charge on any atom is -0.399 e. The predicted octanol–water partition coefficient (Wildman–Crippen LogP) is 2.14. The van der Waals surface area contributed by atoms with E-state index in [-0.39, 0.29) is 20.5 Å². The van der Waals surface area contributed by atoms with Crippen LogP contribution in [-0.4, -0.2) is 8.42 Å². The number of nitrogens with two attached hydrogens (primary N) is 1. The molecule has 0 unspecified atom stereocenters. The largest absolute Gasteiger partial charge is 0.399 e. The van der Waals surface area contributed by atoms with Gasteiger partial charge in [0.05, 0.1) is 5.69 Å². The Balaban J connectivity index is 2.33. The molecule has 0 saturated carbocycles. The molecule has 0 fully saturated rings. The Bertz CT molecular complexity index is 742. The van der Waals surface area contributed by atoms with Gasteiger partial charge in [-0.15, -0.1) is 11.3 Å². The summed E-state index contributed by atoms with van der Waals surface area (Å²) in [7, 11) is -3.84. The number of sulfonamides is 1. The molecule has 0 aliphatic heterocycles. The molecule has 0 atom stereocenters. The maximum absolute atomic E-state index is 13.1. The fraction of sp³-hybridized carbons (Fsp3) is 0. The minimum absolute atomic E-state index is 0.0214. The summed E-state index contributed by atoms with van der Waals surface area (Å²) in [5.74, 6) is -0.637. The van der Waals surface area contributed by atoms with Crippen molar-refractivity contribution in [1.29, 1.82) is 5.26 Å². The lowest BCUT2D eigenvalue weighted by atomic mass is 10.3. The molecular formula is C11H8FN3O2S2.